The summed E-state index contributed by atoms with van der Waals surface area (Å²) in [4.78, 5) is 28.2. The second-order valence-corrected chi connectivity index (χ2v) is 5.41. The van der Waals surface area contributed by atoms with Gasteiger partial charge in [-0.1, -0.05) is 25.0 Å². The van der Waals surface area contributed by atoms with E-state index < -0.39 is 5.54 Å². The molecular weight excluding hydrogens is 240 g/mol. The lowest BCUT2D eigenvalue weighted by Crippen LogP contribution is -2.22. The number of isocyanates is 1. The molecule has 0 radical (unpaired) electrons. The van der Waals surface area contributed by atoms with Gasteiger partial charge < -0.3 is 4.90 Å². The van der Waals surface area contributed by atoms with Gasteiger partial charge in [0, 0.05) is 12.7 Å². The predicted molar refractivity (Wildman–Crippen MR) is 71.8 cm³/mol. The van der Waals surface area contributed by atoms with E-state index in [1.54, 1.807) is 18.0 Å². The van der Waals surface area contributed by atoms with E-state index in [0.29, 0.717) is 6.42 Å². The number of benzene rings is 1. The first kappa shape index (κ1) is 12.1. The van der Waals surface area contributed by atoms with Crippen LogP contribution in [0.5, 0.6) is 0 Å². The third-order valence-electron chi connectivity index (χ3n) is 4.39. The Hall–Kier alpha value is -1.93. The van der Waals surface area contributed by atoms with Crippen LogP contribution in [0.1, 0.15) is 36.8 Å². The van der Waals surface area contributed by atoms with Crippen molar-refractivity contribution < 1.29 is 9.59 Å². The van der Waals surface area contributed by atoms with Crippen LogP contribution in [0.2, 0.25) is 0 Å². The molecule has 19 heavy (non-hydrogen) atoms. The molecule has 1 aromatic carbocycles. The second-order valence-electron chi connectivity index (χ2n) is 5.41. The monoisotopic (exact) mass is 256 g/mol. The number of anilines is 1. The number of carbonyl (C=O) groups is 1. The van der Waals surface area contributed by atoms with E-state index in [9.17, 15) is 9.59 Å². The van der Waals surface area contributed by atoms with Crippen LogP contribution < -0.4 is 4.90 Å². The Balaban J connectivity index is 2.07. The summed E-state index contributed by atoms with van der Waals surface area (Å²) in [6.45, 7) is 0. The van der Waals surface area contributed by atoms with Crippen molar-refractivity contribution in [2.24, 2.45) is 4.99 Å². The number of likely N-dealkylation sites (N-methyl/N-ethyl adjacent to an activating group) is 1. The topological polar surface area (TPSA) is 49.7 Å². The molecule has 3 rings (SSSR count). The van der Waals surface area contributed by atoms with E-state index in [0.717, 1.165) is 42.5 Å². The first-order chi connectivity index (χ1) is 9.16. The molecule has 1 aromatic rings. The largest absolute Gasteiger partial charge is 0.315 e. The van der Waals surface area contributed by atoms with Gasteiger partial charge in [-0.25, -0.2) is 4.79 Å². The number of carbonyl (C=O) groups excluding carboxylic acids is 2. The molecular formula is C15H16N2O2. The third-order valence-corrected chi connectivity index (χ3v) is 4.39. The maximum absolute atomic E-state index is 11.7. The third kappa shape index (κ3) is 1.80. The number of hydrogen-bond acceptors (Lipinski definition) is 3. The van der Waals surface area contributed by atoms with E-state index in [1.165, 1.54) is 0 Å². The van der Waals surface area contributed by atoms with Gasteiger partial charge in [0.05, 0.1) is 12.0 Å². The zero-order valence-corrected chi connectivity index (χ0v) is 11.0. The van der Waals surface area contributed by atoms with Gasteiger partial charge in [0.1, 0.15) is 0 Å². The van der Waals surface area contributed by atoms with Crippen molar-refractivity contribution in [1.29, 1.82) is 0 Å². The molecule has 4 heteroatoms. The van der Waals surface area contributed by atoms with Gasteiger partial charge in [0.15, 0.2) is 0 Å². The van der Waals surface area contributed by atoms with E-state index >= 15 is 0 Å². The smallest absolute Gasteiger partial charge is 0.235 e. The Morgan fingerprint density at radius 2 is 2.05 bits per heavy atom. The van der Waals surface area contributed by atoms with E-state index in [4.69, 9.17) is 0 Å². The van der Waals surface area contributed by atoms with Crippen LogP contribution in [0.25, 0.3) is 0 Å². The van der Waals surface area contributed by atoms with E-state index in [1.807, 2.05) is 18.2 Å². The van der Waals surface area contributed by atoms with Gasteiger partial charge in [-0.3, -0.25) is 4.79 Å². The lowest BCUT2D eigenvalue weighted by Gasteiger charge is -2.24. The Labute approximate surface area is 112 Å². The van der Waals surface area contributed by atoms with Gasteiger partial charge in [-0.2, -0.15) is 4.99 Å². The number of amides is 1. The summed E-state index contributed by atoms with van der Waals surface area (Å²) < 4.78 is 0. The molecule has 98 valence electrons. The Morgan fingerprint density at radius 3 is 2.74 bits per heavy atom. The Kier molecular flexibility index (Phi) is 2.76. The molecule has 1 aliphatic heterocycles. The molecule has 0 bridgehead atoms. The summed E-state index contributed by atoms with van der Waals surface area (Å²) >= 11 is 0. The fraction of sp³-hybridized carbons (Fsp3) is 0.467. The van der Waals surface area contributed by atoms with Crippen LogP contribution >= 0.6 is 0 Å². The number of aliphatic imine (C=N–C) groups is 1. The number of hydrogen-bond donors (Lipinski definition) is 0. The van der Waals surface area contributed by atoms with Crippen LogP contribution in [-0.2, 0) is 21.5 Å². The molecule has 2 aliphatic rings. The molecule has 1 amide bonds. The summed E-state index contributed by atoms with van der Waals surface area (Å²) in [6, 6.07) is 6.02. The highest BCUT2D eigenvalue weighted by molar-refractivity contribution is 6.01. The fourth-order valence-corrected chi connectivity index (χ4v) is 3.24. The lowest BCUT2D eigenvalue weighted by molar-refractivity contribution is -0.117. The quantitative estimate of drug-likeness (QED) is 0.602. The summed E-state index contributed by atoms with van der Waals surface area (Å²) in [5.41, 5.74) is 2.63. The fourth-order valence-electron chi connectivity index (χ4n) is 3.24. The van der Waals surface area contributed by atoms with Crippen LogP contribution in [-0.4, -0.2) is 19.0 Å². The molecule has 4 nitrogen and oxygen atoms in total. The molecule has 0 unspecified atom stereocenters. The predicted octanol–water partition coefficient (Wildman–Crippen LogP) is 2.31. The van der Waals surface area contributed by atoms with E-state index in [2.05, 4.69) is 4.99 Å². The van der Waals surface area contributed by atoms with E-state index in [-0.39, 0.29) is 5.91 Å². The van der Waals surface area contributed by atoms with Crippen molar-refractivity contribution in [3.05, 3.63) is 29.3 Å². The Morgan fingerprint density at radius 1 is 1.32 bits per heavy atom. The molecule has 0 aromatic heterocycles. The van der Waals surface area contributed by atoms with Crippen molar-refractivity contribution in [2.75, 3.05) is 11.9 Å². The van der Waals surface area contributed by atoms with Gasteiger partial charge in [0.25, 0.3) is 0 Å². The van der Waals surface area contributed by atoms with Gasteiger partial charge in [-0.15, -0.1) is 0 Å². The van der Waals surface area contributed by atoms with Gasteiger partial charge in [0.2, 0.25) is 12.0 Å². The molecule has 1 aliphatic carbocycles. The van der Waals surface area contributed by atoms with Crippen molar-refractivity contribution in [1.82, 2.24) is 0 Å². The van der Waals surface area contributed by atoms with Crippen LogP contribution in [0.4, 0.5) is 5.69 Å². The molecule has 1 saturated carbocycles. The highest BCUT2D eigenvalue weighted by Gasteiger charge is 2.37. The number of rotatable bonds is 2. The minimum atomic E-state index is -0.413. The minimum absolute atomic E-state index is 0.117. The SMILES string of the molecule is CN1C(=O)Cc2ccc(C3(N=C=O)CCCC3)cc21. The summed E-state index contributed by atoms with van der Waals surface area (Å²) in [7, 11) is 1.79. The average Bonchev–Trinajstić information content (AvgIpc) is 2.98. The summed E-state index contributed by atoms with van der Waals surface area (Å²) in [5.74, 6) is 0.117. The molecule has 1 heterocycles. The summed E-state index contributed by atoms with van der Waals surface area (Å²) in [6.07, 6.45) is 6.14. The molecule has 0 saturated heterocycles. The average molecular weight is 256 g/mol. The van der Waals surface area contributed by atoms with Crippen LogP contribution in [0.15, 0.2) is 23.2 Å². The first-order valence-corrected chi connectivity index (χ1v) is 6.65. The number of nitrogens with zero attached hydrogens (tertiary/aromatic N) is 2. The maximum atomic E-state index is 11.7. The molecule has 0 N–H and O–H groups in total. The molecule has 1 fully saturated rings. The number of fused-ring (bicyclic) bond motifs is 1. The minimum Gasteiger partial charge on any atom is -0.315 e. The van der Waals surface area contributed by atoms with Crippen LogP contribution in [0.3, 0.4) is 0 Å². The van der Waals surface area contributed by atoms with Gasteiger partial charge >= 0.3 is 0 Å². The zero-order chi connectivity index (χ0) is 13.5. The van der Waals surface area contributed by atoms with Crippen molar-refractivity contribution >= 4 is 17.7 Å². The highest BCUT2D eigenvalue weighted by atomic mass is 16.2. The van der Waals surface area contributed by atoms with Crippen molar-refractivity contribution in [3.8, 4) is 0 Å². The van der Waals surface area contributed by atoms with Gasteiger partial charge in [-0.05, 0) is 30.0 Å². The lowest BCUT2D eigenvalue weighted by atomic mass is 9.88. The highest BCUT2D eigenvalue weighted by Crippen LogP contribution is 2.44. The molecule has 0 atom stereocenters. The maximum Gasteiger partial charge on any atom is 0.235 e. The molecule has 0 spiro atoms. The summed E-state index contributed by atoms with van der Waals surface area (Å²) in [5, 5.41) is 0. The van der Waals surface area contributed by atoms with Crippen molar-refractivity contribution in [3.63, 3.8) is 0 Å². The van der Waals surface area contributed by atoms with Crippen molar-refractivity contribution in [2.45, 2.75) is 37.6 Å². The Bertz CT molecular complexity index is 582. The normalized spacial score (nSPS) is 20.3. The van der Waals surface area contributed by atoms with Crippen LogP contribution in [0, 0.1) is 0 Å². The first-order valence-electron chi connectivity index (χ1n) is 6.65. The second kappa shape index (κ2) is 4.32. The zero-order valence-electron chi connectivity index (χ0n) is 11.0. The standard InChI is InChI=1S/C15H16N2O2/c1-17-13-9-12(5-4-11(13)8-14(17)19)15(16-10-18)6-2-3-7-15/h4-5,9H,2-3,6-8H2,1H3.